The van der Waals surface area contributed by atoms with E-state index in [1.807, 2.05) is 0 Å². The molecule has 28 heavy (non-hydrogen) atoms. The molecule has 4 atom stereocenters. The number of aromatic nitrogens is 3. The lowest BCUT2D eigenvalue weighted by Crippen LogP contribution is -2.36. The van der Waals surface area contributed by atoms with Gasteiger partial charge in [-0.15, -0.1) is 0 Å². The van der Waals surface area contributed by atoms with Crippen molar-refractivity contribution >= 4 is 16.1 Å². The van der Waals surface area contributed by atoms with Crippen LogP contribution in [0.1, 0.15) is 11.8 Å². The van der Waals surface area contributed by atoms with Crippen LogP contribution in [0.25, 0.3) is 0 Å². The molecule has 154 valence electrons. The Labute approximate surface area is 159 Å². The van der Waals surface area contributed by atoms with E-state index in [0.717, 1.165) is 10.9 Å². The van der Waals surface area contributed by atoms with Gasteiger partial charge in [-0.05, 0) is 18.6 Å². The molecule has 1 saturated heterocycles. The summed E-state index contributed by atoms with van der Waals surface area (Å²) in [7, 11) is -4.03. The van der Waals surface area contributed by atoms with Gasteiger partial charge in [0.25, 0.3) is 10.1 Å². The van der Waals surface area contributed by atoms with Gasteiger partial charge in [0.05, 0.1) is 11.5 Å². The third kappa shape index (κ3) is 4.89. The van der Waals surface area contributed by atoms with Crippen molar-refractivity contribution in [3.05, 3.63) is 46.6 Å². The molecule has 1 aromatic carbocycles. The fourth-order valence-corrected chi connectivity index (χ4v) is 3.21. The zero-order chi connectivity index (χ0) is 21.1. The standard InChI is InChI=1S/C8H12N4O5.C7H8O3S/c9-7-10-2-12(8(16)11-7)6-5(15)4(14)3(1-13)17-6;1-6-4-2-3-5-7(6)11(8,9)10/h2-6,13-15H,1H2,(H2,9,11,16);2-5H,1H3,(H,8,9,10)/t3-,4-,5-,6-;/m1./s1. The highest BCUT2D eigenvalue weighted by atomic mass is 32.2. The number of ether oxygens (including phenoxy) is 1. The first kappa shape index (κ1) is 21.9. The van der Waals surface area contributed by atoms with Gasteiger partial charge in [0.1, 0.15) is 24.6 Å². The van der Waals surface area contributed by atoms with E-state index in [9.17, 15) is 23.4 Å². The number of nitrogens with zero attached hydrogens (tertiary/aromatic N) is 3. The van der Waals surface area contributed by atoms with Crippen molar-refractivity contribution in [2.24, 2.45) is 0 Å². The van der Waals surface area contributed by atoms with Crippen molar-refractivity contribution in [2.45, 2.75) is 36.4 Å². The van der Waals surface area contributed by atoms with E-state index in [1.54, 1.807) is 25.1 Å². The molecule has 0 bridgehead atoms. The molecule has 2 heterocycles. The van der Waals surface area contributed by atoms with Gasteiger partial charge in [0.2, 0.25) is 5.95 Å². The minimum Gasteiger partial charge on any atom is -0.394 e. The van der Waals surface area contributed by atoms with Gasteiger partial charge in [-0.25, -0.2) is 9.78 Å². The minimum atomic E-state index is -4.03. The second-order valence-corrected chi connectivity index (χ2v) is 7.26. The van der Waals surface area contributed by atoms with Crippen LogP contribution in [-0.4, -0.2) is 67.7 Å². The number of rotatable bonds is 3. The third-order valence-corrected chi connectivity index (χ3v) is 4.92. The van der Waals surface area contributed by atoms with Crippen LogP contribution < -0.4 is 11.4 Å². The van der Waals surface area contributed by atoms with E-state index in [0.29, 0.717) is 5.56 Å². The summed E-state index contributed by atoms with van der Waals surface area (Å²) in [4.78, 5) is 18.4. The summed E-state index contributed by atoms with van der Waals surface area (Å²) in [5.74, 6) is -0.196. The molecule has 0 unspecified atom stereocenters. The number of aryl methyl sites for hydroxylation is 1. The average molecular weight is 416 g/mol. The van der Waals surface area contributed by atoms with Crippen LogP contribution >= 0.6 is 0 Å². The quantitative estimate of drug-likeness (QED) is 0.349. The van der Waals surface area contributed by atoms with Crippen LogP contribution in [0, 0.1) is 6.92 Å². The molecule has 1 aromatic heterocycles. The number of nitrogen functional groups attached to an aromatic ring is 1. The van der Waals surface area contributed by atoms with Crippen LogP contribution in [0.3, 0.4) is 0 Å². The van der Waals surface area contributed by atoms with Crippen LogP contribution in [0.4, 0.5) is 5.95 Å². The maximum Gasteiger partial charge on any atom is 0.354 e. The molecule has 0 spiro atoms. The second-order valence-electron chi connectivity index (χ2n) is 5.87. The number of aliphatic hydroxyl groups is 3. The second kappa shape index (κ2) is 8.72. The highest BCUT2D eigenvalue weighted by molar-refractivity contribution is 7.85. The number of benzene rings is 1. The van der Waals surface area contributed by atoms with Gasteiger partial charge in [-0.1, -0.05) is 18.2 Å². The molecule has 0 aliphatic carbocycles. The van der Waals surface area contributed by atoms with Gasteiger partial charge in [-0.2, -0.15) is 13.4 Å². The topological polar surface area (TPSA) is 198 Å². The minimum absolute atomic E-state index is 0.0278. The molecule has 0 saturated carbocycles. The molecule has 0 amide bonds. The lowest BCUT2D eigenvalue weighted by Gasteiger charge is -2.16. The van der Waals surface area contributed by atoms with Gasteiger partial charge in [0, 0.05) is 0 Å². The van der Waals surface area contributed by atoms with Crippen molar-refractivity contribution in [2.75, 3.05) is 12.3 Å². The Balaban J connectivity index is 0.000000221. The molecular formula is C15H20N4O8S. The number of hydrogen-bond donors (Lipinski definition) is 5. The highest BCUT2D eigenvalue weighted by Crippen LogP contribution is 2.27. The van der Waals surface area contributed by atoms with Gasteiger partial charge in [-0.3, -0.25) is 9.12 Å². The molecule has 1 aliphatic rings. The summed E-state index contributed by atoms with van der Waals surface area (Å²) in [6.45, 7) is 1.16. The smallest absolute Gasteiger partial charge is 0.354 e. The Bertz CT molecular complexity index is 980. The molecular weight excluding hydrogens is 396 g/mol. The molecule has 0 radical (unpaired) electrons. The number of aliphatic hydroxyl groups excluding tert-OH is 3. The molecule has 3 rings (SSSR count). The third-order valence-electron chi connectivity index (χ3n) is 3.91. The van der Waals surface area contributed by atoms with Gasteiger partial charge >= 0.3 is 5.69 Å². The summed E-state index contributed by atoms with van der Waals surface area (Å²) in [5.41, 5.74) is 5.01. The number of anilines is 1. The molecule has 13 heteroatoms. The normalized spacial score (nSPS) is 24.5. The monoisotopic (exact) mass is 416 g/mol. The lowest BCUT2D eigenvalue weighted by molar-refractivity contribution is -0.0554. The average Bonchev–Trinajstić information content (AvgIpc) is 2.90. The van der Waals surface area contributed by atoms with E-state index in [4.69, 9.17) is 20.1 Å². The highest BCUT2D eigenvalue weighted by Gasteiger charge is 2.43. The van der Waals surface area contributed by atoms with Crippen LogP contribution in [0.5, 0.6) is 0 Å². The summed E-state index contributed by atoms with van der Waals surface area (Å²) in [5, 5.41) is 28.1. The van der Waals surface area contributed by atoms with Crippen molar-refractivity contribution in [1.82, 2.24) is 14.5 Å². The molecule has 1 fully saturated rings. The summed E-state index contributed by atoms with van der Waals surface area (Å²) in [6.07, 6.45) is -3.67. The van der Waals surface area contributed by atoms with E-state index in [2.05, 4.69) is 9.97 Å². The Hall–Kier alpha value is -2.42. The maximum atomic E-state index is 11.5. The zero-order valence-electron chi connectivity index (χ0n) is 14.7. The Kier molecular flexibility index (Phi) is 6.82. The van der Waals surface area contributed by atoms with Crippen LogP contribution in [-0.2, 0) is 14.9 Å². The molecule has 6 N–H and O–H groups in total. The summed E-state index contributed by atoms with van der Waals surface area (Å²) >= 11 is 0. The summed E-state index contributed by atoms with van der Waals surface area (Å²) < 4.78 is 35.9. The zero-order valence-corrected chi connectivity index (χ0v) is 15.5. The molecule has 2 aromatic rings. The molecule has 12 nitrogen and oxygen atoms in total. The fraction of sp³-hybridized carbons (Fsp3) is 0.400. The SMILES string of the molecule is Cc1ccccc1S(=O)(=O)O.Nc1ncn([C@@H]2O[C@H](CO)[C@@H](O)[C@H]2O)c(=O)n1. The van der Waals surface area contributed by atoms with E-state index < -0.39 is 47.0 Å². The van der Waals surface area contributed by atoms with Gasteiger partial charge in [0.15, 0.2) is 6.23 Å². The fourth-order valence-electron chi connectivity index (χ4n) is 2.49. The predicted octanol–water partition coefficient (Wildman–Crippen LogP) is -1.93. The van der Waals surface area contributed by atoms with Gasteiger partial charge < -0.3 is 25.8 Å². The Morgan fingerprint density at radius 2 is 1.89 bits per heavy atom. The number of nitrogens with two attached hydrogens (primary N) is 1. The first-order valence-corrected chi connectivity index (χ1v) is 9.36. The van der Waals surface area contributed by atoms with Crippen LogP contribution in [0.2, 0.25) is 0 Å². The first-order valence-electron chi connectivity index (χ1n) is 7.92. The van der Waals surface area contributed by atoms with Crippen molar-refractivity contribution in [3.63, 3.8) is 0 Å². The van der Waals surface area contributed by atoms with Crippen molar-refractivity contribution in [1.29, 1.82) is 0 Å². The van der Waals surface area contributed by atoms with Crippen molar-refractivity contribution < 1.29 is 33.0 Å². The van der Waals surface area contributed by atoms with E-state index in [-0.39, 0.29) is 10.8 Å². The largest absolute Gasteiger partial charge is 0.394 e. The Morgan fingerprint density at radius 3 is 2.36 bits per heavy atom. The summed E-state index contributed by atoms with van der Waals surface area (Å²) in [6, 6.07) is 6.27. The van der Waals surface area contributed by atoms with Crippen molar-refractivity contribution in [3.8, 4) is 0 Å². The molecule has 1 aliphatic heterocycles. The number of hydrogen-bond acceptors (Lipinski definition) is 10. The maximum absolute atomic E-state index is 11.5. The lowest BCUT2D eigenvalue weighted by atomic mass is 10.1. The van der Waals surface area contributed by atoms with Crippen LogP contribution in [0.15, 0.2) is 40.3 Å². The van der Waals surface area contributed by atoms with E-state index >= 15 is 0 Å². The Morgan fingerprint density at radius 1 is 1.25 bits per heavy atom. The predicted molar refractivity (Wildman–Crippen MR) is 94.7 cm³/mol. The van der Waals surface area contributed by atoms with E-state index in [1.165, 1.54) is 6.07 Å². The first-order chi connectivity index (χ1) is 13.1.